The van der Waals surface area contributed by atoms with Crippen LogP contribution in [0.5, 0.6) is 5.75 Å². The highest BCUT2D eigenvalue weighted by Gasteiger charge is 2.11. The molecule has 1 heterocycles. The number of hydrogen-bond donors (Lipinski definition) is 0. The molecule has 1 aromatic heterocycles. The Labute approximate surface area is 113 Å². The minimum Gasteiger partial charge on any atom is -0.483 e. The summed E-state index contributed by atoms with van der Waals surface area (Å²) in [6, 6.07) is 7.68. The third-order valence-electron chi connectivity index (χ3n) is 3.15. The second kappa shape index (κ2) is 5.26. The van der Waals surface area contributed by atoms with E-state index in [1.54, 1.807) is 0 Å². The number of benzene rings is 1. The van der Waals surface area contributed by atoms with Crippen molar-refractivity contribution in [3.63, 3.8) is 0 Å². The van der Waals surface area contributed by atoms with Gasteiger partial charge in [0, 0.05) is 5.69 Å². The molecule has 0 aliphatic carbocycles. The fraction of sp³-hybridized carbons (Fsp3) is 0.333. The lowest BCUT2D eigenvalue weighted by Gasteiger charge is -2.10. The van der Waals surface area contributed by atoms with Crippen LogP contribution in [0.3, 0.4) is 0 Å². The molecule has 2 rings (SSSR count). The maximum absolute atomic E-state index is 12.0. The first-order valence-electron chi connectivity index (χ1n) is 6.24. The maximum Gasteiger partial charge on any atom is 0.284 e. The minimum absolute atomic E-state index is 0.00769. The highest BCUT2D eigenvalue weighted by molar-refractivity contribution is 5.80. The predicted molar refractivity (Wildman–Crippen MR) is 73.7 cm³/mol. The van der Waals surface area contributed by atoms with Gasteiger partial charge in [0.15, 0.2) is 6.61 Å². The minimum atomic E-state index is -0.161. The highest BCUT2D eigenvalue weighted by atomic mass is 16.5. The number of carbonyl (C=O) groups excluding carboxylic acids is 1. The average molecular weight is 258 g/mol. The molecule has 0 aliphatic rings. The summed E-state index contributed by atoms with van der Waals surface area (Å²) in [6.45, 7) is 7.72. The van der Waals surface area contributed by atoms with Crippen molar-refractivity contribution in [1.29, 1.82) is 0 Å². The smallest absolute Gasteiger partial charge is 0.284 e. The number of rotatable bonds is 3. The summed E-state index contributed by atoms with van der Waals surface area (Å²) in [5, 5.41) is 4.15. The molecule has 0 fully saturated rings. The first-order valence-corrected chi connectivity index (χ1v) is 6.24. The third kappa shape index (κ3) is 2.84. The van der Waals surface area contributed by atoms with E-state index >= 15 is 0 Å². The summed E-state index contributed by atoms with van der Waals surface area (Å²) < 4.78 is 6.98. The number of ether oxygens (including phenoxy) is 1. The molecule has 0 spiro atoms. The first kappa shape index (κ1) is 13.3. The van der Waals surface area contributed by atoms with Crippen molar-refractivity contribution in [2.24, 2.45) is 0 Å². The van der Waals surface area contributed by atoms with Crippen molar-refractivity contribution in [1.82, 2.24) is 9.78 Å². The number of carbonyl (C=O) groups is 1. The van der Waals surface area contributed by atoms with Crippen LogP contribution >= 0.6 is 0 Å². The SMILES string of the molecule is Cc1cc(C)n(C(=O)COc2cccc(C)c2C)n1. The van der Waals surface area contributed by atoms with Gasteiger partial charge in [0.05, 0.1) is 5.69 Å². The fourth-order valence-electron chi connectivity index (χ4n) is 1.96. The van der Waals surface area contributed by atoms with Crippen molar-refractivity contribution in [2.75, 3.05) is 6.61 Å². The van der Waals surface area contributed by atoms with E-state index < -0.39 is 0 Å². The summed E-state index contributed by atoms with van der Waals surface area (Å²) in [5.41, 5.74) is 3.87. The molecule has 4 heteroatoms. The lowest BCUT2D eigenvalue weighted by Crippen LogP contribution is -2.21. The van der Waals surface area contributed by atoms with Crippen molar-refractivity contribution in [2.45, 2.75) is 27.7 Å². The topological polar surface area (TPSA) is 44.1 Å². The molecule has 0 unspecified atom stereocenters. The zero-order valence-electron chi connectivity index (χ0n) is 11.7. The normalized spacial score (nSPS) is 10.5. The Morgan fingerprint density at radius 2 is 2.00 bits per heavy atom. The molecule has 4 nitrogen and oxygen atoms in total. The van der Waals surface area contributed by atoms with E-state index in [0.717, 1.165) is 28.3 Å². The summed E-state index contributed by atoms with van der Waals surface area (Å²) in [4.78, 5) is 12.0. The van der Waals surface area contributed by atoms with Crippen molar-refractivity contribution >= 4 is 5.91 Å². The molecule has 2 aromatic rings. The molecule has 0 saturated heterocycles. The standard InChI is InChI=1S/C15H18N2O2/c1-10-6-5-7-14(13(10)4)19-9-15(18)17-12(3)8-11(2)16-17/h5-8H,9H2,1-4H3. The van der Waals surface area contributed by atoms with E-state index in [1.807, 2.05) is 52.0 Å². The Balaban J connectivity index is 2.09. The van der Waals surface area contributed by atoms with Gasteiger partial charge in [0.2, 0.25) is 0 Å². The molecule has 0 atom stereocenters. The van der Waals surface area contributed by atoms with E-state index in [9.17, 15) is 4.79 Å². The molecular formula is C15H18N2O2. The predicted octanol–water partition coefficient (Wildman–Crippen LogP) is 2.84. The second-order valence-electron chi connectivity index (χ2n) is 4.72. The van der Waals surface area contributed by atoms with E-state index in [2.05, 4.69) is 5.10 Å². The van der Waals surface area contributed by atoms with Crippen LogP contribution in [0.4, 0.5) is 0 Å². The summed E-state index contributed by atoms with van der Waals surface area (Å²) >= 11 is 0. The largest absolute Gasteiger partial charge is 0.483 e. The van der Waals surface area contributed by atoms with Crippen LogP contribution in [-0.2, 0) is 0 Å². The van der Waals surface area contributed by atoms with Crippen LogP contribution in [0.1, 0.15) is 27.3 Å². The van der Waals surface area contributed by atoms with Gasteiger partial charge in [0.1, 0.15) is 5.75 Å². The highest BCUT2D eigenvalue weighted by Crippen LogP contribution is 2.20. The molecule has 100 valence electrons. The number of aromatic nitrogens is 2. The van der Waals surface area contributed by atoms with Gasteiger partial charge >= 0.3 is 0 Å². The lowest BCUT2D eigenvalue weighted by atomic mass is 10.1. The average Bonchev–Trinajstić information content (AvgIpc) is 2.70. The summed E-state index contributed by atoms with van der Waals surface area (Å²) in [6.07, 6.45) is 0. The zero-order valence-corrected chi connectivity index (χ0v) is 11.7. The number of aryl methyl sites for hydroxylation is 3. The second-order valence-corrected chi connectivity index (χ2v) is 4.72. The van der Waals surface area contributed by atoms with Crippen LogP contribution in [0.25, 0.3) is 0 Å². The molecule has 0 radical (unpaired) electrons. The molecule has 0 bridgehead atoms. The Morgan fingerprint density at radius 3 is 2.63 bits per heavy atom. The van der Waals surface area contributed by atoms with E-state index in [0.29, 0.717) is 0 Å². The van der Waals surface area contributed by atoms with Gasteiger partial charge in [-0.15, -0.1) is 0 Å². The Hall–Kier alpha value is -2.10. The van der Waals surface area contributed by atoms with Gasteiger partial charge in [-0.1, -0.05) is 12.1 Å². The number of hydrogen-bond acceptors (Lipinski definition) is 3. The maximum atomic E-state index is 12.0. The van der Waals surface area contributed by atoms with Crippen molar-refractivity contribution in [3.05, 3.63) is 46.8 Å². The number of nitrogens with zero attached hydrogens (tertiary/aromatic N) is 2. The fourth-order valence-corrected chi connectivity index (χ4v) is 1.96. The van der Waals surface area contributed by atoms with Crippen molar-refractivity contribution < 1.29 is 9.53 Å². The van der Waals surface area contributed by atoms with Gasteiger partial charge in [0.25, 0.3) is 5.91 Å². The molecule has 0 N–H and O–H groups in total. The van der Waals surface area contributed by atoms with Crippen molar-refractivity contribution in [3.8, 4) is 5.75 Å². The van der Waals surface area contributed by atoms with E-state index in [4.69, 9.17) is 4.74 Å². The quantitative estimate of drug-likeness (QED) is 0.850. The molecule has 19 heavy (non-hydrogen) atoms. The Morgan fingerprint density at radius 1 is 1.26 bits per heavy atom. The molecule has 0 amide bonds. The molecular weight excluding hydrogens is 240 g/mol. The van der Waals surface area contributed by atoms with Gasteiger partial charge in [-0.25, -0.2) is 4.68 Å². The van der Waals surface area contributed by atoms with Gasteiger partial charge in [-0.2, -0.15) is 5.10 Å². The molecule has 1 aromatic carbocycles. The molecule has 0 aliphatic heterocycles. The molecule has 0 saturated carbocycles. The van der Waals surface area contributed by atoms with Gasteiger partial charge in [-0.05, 0) is 51.0 Å². The van der Waals surface area contributed by atoms with E-state index in [1.165, 1.54) is 4.68 Å². The zero-order chi connectivity index (χ0) is 14.0. The van der Waals surface area contributed by atoms with Crippen LogP contribution in [0, 0.1) is 27.7 Å². The van der Waals surface area contributed by atoms with Gasteiger partial charge in [-0.3, -0.25) is 4.79 Å². The van der Waals surface area contributed by atoms with Crippen LogP contribution in [0.2, 0.25) is 0 Å². The summed E-state index contributed by atoms with van der Waals surface area (Å²) in [7, 11) is 0. The van der Waals surface area contributed by atoms with E-state index in [-0.39, 0.29) is 12.5 Å². The monoisotopic (exact) mass is 258 g/mol. The van der Waals surface area contributed by atoms with Crippen LogP contribution in [0.15, 0.2) is 24.3 Å². The Kier molecular flexibility index (Phi) is 3.69. The van der Waals surface area contributed by atoms with Crippen LogP contribution < -0.4 is 4.74 Å². The third-order valence-corrected chi connectivity index (χ3v) is 3.15. The lowest BCUT2D eigenvalue weighted by molar-refractivity contribution is 0.0817. The van der Waals surface area contributed by atoms with Crippen LogP contribution in [-0.4, -0.2) is 22.3 Å². The Bertz CT molecular complexity index is 615. The first-order chi connectivity index (χ1) is 8.99. The summed E-state index contributed by atoms with van der Waals surface area (Å²) in [5.74, 6) is 0.585. The van der Waals surface area contributed by atoms with Gasteiger partial charge < -0.3 is 4.74 Å².